The van der Waals surface area contributed by atoms with Crippen LogP contribution >= 0.6 is 0 Å². The fourth-order valence-corrected chi connectivity index (χ4v) is 5.50. The van der Waals surface area contributed by atoms with Crippen molar-refractivity contribution in [2.45, 2.75) is 70.9 Å². The van der Waals surface area contributed by atoms with Crippen LogP contribution in [0, 0.1) is 5.41 Å². The molecule has 4 unspecified atom stereocenters. The van der Waals surface area contributed by atoms with Gasteiger partial charge in [0.15, 0.2) is 5.78 Å². The van der Waals surface area contributed by atoms with E-state index in [1.54, 1.807) is 6.08 Å². The predicted octanol–water partition coefficient (Wildman–Crippen LogP) is 6.25. The molecule has 0 aromatic heterocycles. The van der Waals surface area contributed by atoms with Crippen molar-refractivity contribution in [3.8, 4) is 0 Å². The molecule has 1 aliphatic carbocycles. The minimum atomic E-state index is -1.36. The number of Topliss-reactive ketones (excluding diaryl/α,β-unsaturated/α-hetero) is 2. The van der Waals surface area contributed by atoms with E-state index in [9.17, 15) is 9.59 Å². The molecule has 3 aromatic rings. The molecular weight excluding hydrogens is 544 g/mol. The van der Waals surface area contributed by atoms with E-state index in [-0.39, 0.29) is 44.6 Å². The number of rotatable bonds is 14. The van der Waals surface area contributed by atoms with Crippen LogP contribution in [0.15, 0.2) is 103 Å². The van der Waals surface area contributed by atoms with Gasteiger partial charge in [0, 0.05) is 13.5 Å². The summed E-state index contributed by atoms with van der Waals surface area (Å²) in [7, 11) is 1.53. The Hall–Kier alpha value is -3.46. The number of carbonyl (C=O) groups excluding carboxylic acids is 2. The number of carbonyl (C=O) groups is 2. The molecule has 0 aliphatic heterocycles. The summed E-state index contributed by atoms with van der Waals surface area (Å²) >= 11 is 0. The lowest BCUT2D eigenvalue weighted by atomic mass is 9.63. The van der Waals surface area contributed by atoms with Crippen molar-refractivity contribution < 1.29 is 33.3 Å². The first-order chi connectivity index (χ1) is 20.8. The van der Waals surface area contributed by atoms with E-state index in [1.807, 2.05) is 111 Å². The van der Waals surface area contributed by atoms with E-state index in [2.05, 4.69) is 0 Å². The minimum Gasteiger partial charge on any atom is -0.366 e. The molecule has 0 radical (unpaired) electrons. The Kier molecular flexibility index (Phi) is 11.6. The van der Waals surface area contributed by atoms with Crippen LogP contribution in [0.2, 0.25) is 0 Å². The molecule has 4 rings (SSSR count). The lowest BCUT2D eigenvalue weighted by molar-refractivity contribution is -0.213. The first kappa shape index (κ1) is 32.5. The van der Waals surface area contributed by atoms with Gasteiger partial charge in [0.2, 0.25) is 0 Å². The molecule has 228 valence electrons. The summed E-state index contributed by atoms with van der Waals surface area (Å²) in [5, 5.41) is 0. The van der Waals surface area contributed by atoms with Crippen LogP contribution in [0.3, 0.4) is 0 Å². The largest absolute Gasteiger partial charge is 0.366 e. The smallest absolute Gasteiger partial charge is 0.173 e. The highest BCUT2D eigenvalue weighted by Gasteiger charge is 2.59. The van der Waals surface area contributed by atoms with Gasteiger partial charge >= 0.3 is 0 Å². The van der Waals surface area contributed by atoms with Gasteiger partial charge in [0.05, 0.1) is 25.2 Å². The number of ether oxygens (including phenoxy) is 5. The molecule has 0 bridgehead atoms. The summed E-state index contributed by atoms with van der Waals surface area (Å²) in [6.07, 6.45) is 1.05. The monoisotopic (exact) mass is 586 g/mol. The van der Waals surface area contributed by atoms with Crippen molar-refractivity contribution in [1.82, 2.24) is 0 Å². The standard InChI is InChI=1S/C36H42O7/c1-27(37)22-36(43-25-30-18-12-7-13-19-30)32(40-23-28-14-8-5-9-15-28)21-20-31(42-26-39-4)33(34(38)35(36,2)3)41-24-29-16-10-6-11-17-29/h5-21,31-33H,22-26H2,1-4H3/b21-20-. The van der Waals surface area contributed by atoms with Gasteiger partial charge in [-0.2, -0.15) is 0 Å². The molecule has 0 N–H and O–H groups in total. The molecule has 0 saturated heterocycles. The number of ketones is 2. The maximum absolute atomic E-state index is 14.7. The third kappa shape index (κ3) is 8.13. The van der Waals surface area contributed by atoms with Gasteiger partial charge in [-0.05, 0) is 37.5 Å². The molecule has 0 fully saturated rings. The first-order valence-electron chi connectivity index (χ1n) is 14.6. The summed E-state index contributed by atoms with van der Waals surface area (Å²) in [6, 6.07) is 29.1. The van der Waals surface area contributed by atoms with Crippen LogP contribution in [0.4, 0.5) is 0 Å². The molecule has 0 saturated carbocycles. The Morgan fingerprint density at radius 3 is 1.74 bits per heavy atom. The normalized spacial score (nSPS) is 24.2. The van der Waals surface area contributed by atoms with Gasteiger partial charge in [0.1, 0.15) is 36.5 Å². The highest BCUT2D eigenvalue weighted by atomic mass is 16.7. The van der Waals surface area contributed by atoms with Gasteiger partial charge in [-0.1, -0.05) is 103 Å². The molecule has 4 atom stereocenters. The molecule has 3 aromatic carbocycles. The van der Waals surface area contributed by atoms with Crippen molar-refractivity contribution in [1.29, 1.82) is 0 Å². The lowest BCUT2D eigenvalue weighted by Gasteiger charge is -2.51. The van der Waals surface area contributed by atoms with Crippen LogP contribution in [-0.2, 0) is 53.1 Å². The quantitative estimate of drug-likeness (QED) is 0.163. The number of hydrogen-bond acceptors (Lipinski definition) is 7. The van der Waals surface area contributed by atoms with Crippen molar-refractivity contribution in [3.05, 3.63) is 120 Å². The maximum atomic E-state index is 14.7. The summed E-state index contributed by atoms with van der Waals surface area (Å²) in [4.78, 5) is 27.7. The SMILES string of the molecule is COCOC1/C=C\C(OCc2ccccc2)C(CC(C)=O)(OCc2ccccc2)C(C)(C)C(=O)C1OCc1ccccc1. The Labute approximate surface area is 254 Å². The average Bonchev–Trinajstić information content (AvgIpc) is 3.02. The Balaban J connectivity index is 1.79. The molecule has 0 amide bonds. The van der Waals surface area contributed by atoms with E-state index in [1.165, 1.54) is 14.0 Å². The second kappa shape index (κ2) is 15.3. The topological polar surface area (TPSA) is 80.3 Å². The van der Waals surface area contributed by atoms with Gasteiger partial charge in [-0.15, -0.1) is 0 Å². The van der Waals surface area contributed by atoms with E-state index in [0.29, 0.717) is 0 Å². The second-order valence-electron chi connectivity index (χ2n) is 11.4. The maximum Gasteiger partial charge on any atom is 0.173 e. The number of methoxy groups -OCH3 is 1. The molecule has 1 aliphatic rings. The number of benzene rings is 3. The summed E-state index contributed by atoms with van der Waals surface area (Å²) in [5.41, 5.74) is 0.176. The molecular formula is C36H42O7. The predicted molar refractivity (Wildman–Crippen MR) is 164 cm³/mol. The Morgan fingerprint density at radius 1 is 0.721 bits per heavy atom. The van der Waals surface area contributed by atoms with Gasteiger partial charge < -0.3 is 23.7 Å². The van der Waals surface area contributed by atoms with Gasteiger partial charge in [-0.25, -0.2) is 0 Å². The Bertz CT molecular complexity index is 1320. The average molecular weight is 587 g/mol. The highest BCUT2D eigenvalue weighted by Crippen LogP contribution is 2.46. The third-order valence-corrected chi connectivity index (χ3v) is 7.94. The molecule has 0 spiro atoms. The molecule has 7 nitrogen and oxygen atoms in total. The van der Waals surface area contributed by atoms with E-state index < -0.39 is 29.3 Å². The van der Waals surface area contributed by atoms with Crippen molar-refractivity contribution in [3.63, 3.8) is 0 Å². The third-order valence-electron chi connectivity index (χ3n) is 7.94. The first-order valence-corrected chi connectivity index (χ1v) is 14.6. The van der Waals surface area contributed by atoms with Crippen molar-refractivity contribution >= 4 is 11.6 Å². The van der Waals surface area contributed by atoms with E-state index >= 15 is 0 Å². The van der Waals surface area contributed by atoms with Crippen molar-refractivity contribution in [2.24, 2.45) is 5.41 Å². The summed E-state index contributed by atoms with van der Waals surface area (Å²) < 4.78 is 30.9. The van der Waals surface area contributed by atoms with Gasteiger partial charge in [-0.3, -0.25) is 9.59 Å². The fraction of sp³-hybridized carbons (Fsp3) is 0.389. The van der Waals surface area contributed by atoms with Gasteiger partial charge in [0.25, 0.3) is 0 Å². The van der Waals surface area contributed by atoms with Crippen LogP contribution < -0.4 is 0 Å². The highest BCUT2D eigenvalue weighted by molar-refractivity contribution is 5.92. The Morgan fingerprint density at radius 2 is 1.23 bits per heavy atom. The van der Waals surface area contributed by atoms with E-state index in [0.717, 1.165) is 16.7 Å². The molecule has 7 heteroatoms. The van der Waals surface area contributed by atoms with Crippen LogP contribution in [0.25, 0.3) is 0 Å². The van der Waals surface area contributed by atoms with Crippen LogP contribution in [-0.4, -0.2) is 49.4 Å². The summed E-state index contributed by atoms with van der Waals surface area (Å²) in [6.45, 7) is 5.74. The molecule has 43 heavy (non-hydrogen) atoms. The van der Waals surface area contributed by atoms with Crippen molar-refractivity contribution in [2.75, 3.05) is 13.9 Å². The van der Waals surface area contributed by atoms with Crippen LogP contribution in [0.1, 0.15) is 43.9 Å². The zero-order chi connectivity index (χ0) is 30.7. The fourth-order valence-electron chi connectivity index (χ4n) is 5.50. The molecule has 0 heterocycles. The zero-order valence-corrected chi connectivity index (χ0v) is 25.4. The van der Waals surface area contributed by atoms with Crippen LogP contribution in [0.5, 0.6) is 0 Å². The lowest BCUT2D eigenvalue weighted by Crippen LogP contribution is -2.64. The zero-order valence-electron chi connectivity index (χ0n) is 25.4. The summed E-state index contributed by atoms with van der Waals surface area (Å²) in [5.74, 6) is -0.373. The second-order valence-corrected chi connectivity index (χ2v) is 11.4. The minimum absolute atomic E-state index is 0.0352. The number of hydrogen-bond donors (Lipinski definition) is 0. The van der Waals surface area contributed by atoms with E-state index in [4.69, 9.17) is 23.7 Å².